The number of ether oxygens (including phenoxy) is 1. The Hall–Kier alpha value is -1.67. The molecule has 2 unspecified atom stereocenters. The molecular formula is C18H29ClN4O3. The van der Waals surface area contributed by atoms with E-state index in [1.165, 1.54) is 0 Å². The first-order chi connectivity index (χ1) is 12.0. The van der Waals surface area contributed by atoms with Crippen LogP contribution in [-0.4, -0.2) is 55.6 Å². The number of morpholine rings is 1. The predicted octanol–water partition coefficient (Wildman–Crippen LogP) is 1.69. The predicted molar refractivity (Wildman–Crippen MR) is 106 cm³/mol. The largest absolute Gasteiger partial charge is 0.379 e. The Kier molecular flexibility index (Phi) is 9.58. The van der Waals surface area contributed by atoms with Gasteiger partial charge in [-0.3, -0.25) is 14.5 Å². The average molecular weight is 385 g/mol. The number of amides is 2. The molecule has 1 heterocycles. The van der Waals surface area contributed by atoms with Crippen LogP contribution in [0.4, 0.5) is 11.4 Å². The summed E-state index contributed by atoms with van der Waals surface area (Å²) in [6, 6.07) is 6.51. The number of hydrogen-bond donors (Lipinski definition) is 3. The standard InChI is InChI=1S/C18H28N4O3.ClH/c1-3-13(2)17(19)18(24)21-15-6-4-14(5-7-15)20-16(23)12-22-8-10-25-11-9-22;/h4-7,13,17H,3,8-12,19H2,1-2H3,(H,20,23)(H,21,24);1H. The Balaban J connectivity index is 0.00000338. The van der Waals surface area contributed by atoms with Crippen molar-refractivity contribution in [3.63, 3.8) is 0 Å². The second kappa shape index (κ2) is 11.1. The highest BCUT2D eigenvalue weighted by molar-refractivity contribution is 5.96. The highest BCUT2D eigenvalue weighted by Crippen LogP contribution is 2.15. The van der Waals surface area contributed by atoms with E-state index in [4.69, 9.17) is 10.5 Å². The minimum Gasteiger partial charge on any atom is -0.379 e. The lowest BCUT2D eigenvalue weighted by molar-refractivity contribution is -0.119. The summed E-state index contributed by atoms with van der Waals surface area (Å²) in [5, 5.41) is 5.67. The van der Waals surface area contributed by atoms with Gasteiger partial charge < -0.3 is 21.1 Å². The zero-order valence-corrected chi connectivity index (χ0v) is 16.2. The van der Waals surface area contributed by atoms with Crippen LogP contribution in [-0.2, 0) is 14.3 Å². The van der Waals surface area contributed by atoms with Crippen LogP contribution in [0.3, 0.4) is 0 Å². The summed E-state index contributed by atoms with van der Waals surface area (Å²) in [5.74, 6) is -0.130. The minimum atomic E-state index is -0.530. The van der Waals surface area contributed by atoms with Gasteiger partial charge >= 0.3 is 0 Å². The van der Waals surface area contributed by atoms with Crippen molar-refractivity contribution < 1.29 is 14.3 Å². The van der Waals surface area contributed by atoms with Crippen LogP contribution < -0.4 is 16.4 Å². The van der Waals surface area contributed by atoms with E-state index in [1.54, 1.807) is 24.3 Å². The molecule has 2 atom stereocenters. The minimum absolute atomic E-state index is 0. The van der Waals surface area contributed by atoms with Crippen LogP contribution in [0.25, 0.3) is 0 Å². The van der Waals surface area contributed by atoms with Crippen LogP contribution in [0.2, 0.25) is 0 Å². The van der Waals surface area contributed by atoms with E-state index in [9.17, 15) is 9.59 Å². The van der Waals surface area contributed by atoms with Gasteiger partial charge in [0.05, 0.1) is 25.8 Å². The molecule has 0 spiro atoms. The fourth-order valence-corrected chi connectivity index (χ4v) is 2.54. The summed E-state index contributed by atoms with van der Waals surface area (Å²) >= 11 is 0. The first-order valence-corrected chi connectivity index (χ1v) is 8.76. The van der Waals surface area contributed by atoms with E-state index in [2.05, 4.69) is 15.5 Å². The number of hydrogen-bond acceptors (Lipinski definition) is 5. The molecule has 1 saturated heterocycles. The smallest absolute Gasteiger partial charge is 0.241 e. The number of carbonyl (C=O) groups is 2. The van der Waals surface area contributed by atoms with Crippen molar-refractivity contribution in [3.8, 4) is 0 Å². The van der Waals surface area contributed by atoms with E-state index in [0.29, 0.717) is 31.1 Å². The number of benzene rings is 1. The summed E-state index contributed by atoms with van der Waals surface area (Å²) in [6.45, 7) is 7.19. The molecule has 146 valence electrons. The molecule has 0 saturated carbocycles. The molecule has 4 N–H and O–H groups in total. The fourth-order valence-electron chi connectivity index (χ4n) is 2.54. The number of halogens is 1. The fraction of sp³-hybridized carbons (Fsp3) is 0.556. The quantitative estimate of drug-likeness (QED) is 0.664. The van der Waals surface area contributed by atoms with Gasteiger partial charge in [0.15, 0.2) is 0 Å². The summed E-state index contributed by atoms with van der Waals surface area (Å²) in [6.07, 6.45) is 0.850. The van der Waals surface area contributed by atoms with Crippen molar-refractivity contribution >= 4 is 35.6 Å². The second-order valence-electron chi connectivity index (χ2n) is 6.41. The molecule has 0 aliphatic carbocycles. The number of rotatable bonds is 7. The third-order valence-corrected chi connectivity index (χ3v) is 4.47. The van der Waals surface area contributed by atoms with Crippen molar-refractivity contribution in [3.05, 3.63) is 24.3 Å². The summed E-state index contributed by atoms with van der Waals surface area (Å²) in [7, 11) is 0. The Labute approximate surface area is 161 Å². The van der Waals surface area contributed by atoms with Crippen LogP contribution in [0.1, 0.15) is 20.3 Å². The van der Waals surface area contributed by atoms with Gasteiger partial charge in [0.2, 0.25) is 11.8 Å². The van der Waals surface area contributed by atoms with Gasteiger partial charge in [-0.2, -0.15) is 0 Å². The monoisotopic (exact) mass is 384 g/mol. The number of nitrogens with one attached hydrogen (secondary N) is 2. The molecule has 0 bridgehead atoms. The molecule has 26 heavy (non-hydrogen) atoms. The van der Waals surface area contributed by atoms with Crippen LogP contribution >= 0.6 is 12.4 Å². The molecule has 8 heteroatoms. The van der Waals surface area contributed by atoms with Gasteiger partial charge in [-0.15, -0.1) is 12.4 Å². The first kappa shape index (κ1) is 22.4. The number of nitrogens with zero attached hydrogens (tertiary/aromatic N) is 1. The zero-order chi connectivity index (χ0) is 18.2. The molecule has 2 rings (SSSR count). The molecule has 1 aromatic carbocycles. The number of anilines is 2. The highest BCUT2D eigenvalue weighted by Gasteiger charge is 2.19. The van der Waals surface area contributed by atoms with Crippen LogP contribution in [0.5, 0.6) is 0 Å². The van der Waals surface area contributed by atoms with Gasteiger partial charge in [-0.1, -0.05) is 20.3 Å². The van der Waals surface area contributed by atoms with Crippen molar-refractivity contribution in [1.82, 2.24) is 4.90 Å². The van der Waals surface area contributed by atoms with E-state index in [0.717, 1.165) is 19.5 Å². The molecule has 2 amide bonds. The summed E-state index contributed by atoms with van der Waals surface area (Å²) in [5.41, 5.74) is 7.28. The van der Waals surface area contributed by atoms with E-state index in [1.807, 2.05) is 13.8 Å². The molecule has 7 nitrogen and oxygen atoms in total. The lowest BCUT2D eigenvalue weighted by Gasteiger charge is -2.25. The third kappa shape index (κ3) is 6.92. The van der Waals surface area contributed by atoms with Gasteiger partial charge in [0.1, 0.15) is 0 Å². The molecule has 1 fully saturated rings. The number of carbonyl (C=O) groups excluding carboxylic acids is 2. The maximum Gasteiger partial charge on any atom is 0.241 e. The van der Waals surface area contributed by atoms with Gasteiger partial charge in [-0.25, -0.2) is 0 Å². The van der Waals surface area contributed by atoms with Gasteiger partial charge in [0, 0.05) is 24.5 Å². The summed E-state index contributed by atoms with van der Waals surface area (Å²) < 4.78 is 5.27. The molecule has 0 aromatic heterocycles. The Bertz CT molecular complexity index is 576. The molecular weight excluding hydrogens is 356 g/mol. The van der Waals surface area contributed by atoms with Crippen molar-refractivity contribution in [2.24, 2.45) is 11.7 Å². The number of nitrogens with two attached hydrogens (primary N) is 1. The van der Waals surface area contributed by atoms with Gasteiger partial charge in [-0.05, 0) is 30.2 Å². The molecule has 1 aromatic rings. The maximum atomic E-state index is 12.1. The summed E-state index contributed by atoms with van der Waals surface area (Å²) in [4.78, 5) is 26.2. The maximum absolute atomic E-state index is 12.1. The normalized spacial score (nSPS) is 16.9. The Morgan fingerprint density at radius 1 is 1.15 bits per heavy atom. The Morgan fingerprint density at radius 3 is 2.23 bits per heavy atom. The van der Waals surface area contributed by atoms with Crippen molar-refractivity contribution in [2.45, 2.75) is 26.3 Å². The average Bonchev–Trinajstić information content (AvgIpc) is 2.62. The third-order valence-electron chi connectivity index (χ3n) is 4.47. The molecule has 1 aliphatic rings. The van der Waals surface area contributed by atoms with Crippen molar-refractivity contribution in [1.29, 1.82) is 0 Å². The highest BCUT2D eigenvalue weighted by atomic mass is 35.5. The van der Waals surface area contributed by atoms with E-state index in [-0.39, 0.29) is 30.1 Å². The van der Waals surface area contributed by atoms with Crippen LogP contribution in [0.15, 0.2) is 24.3 Å². The lowest BCUT2D eigenvalue weighted by Crippen LogP contribution is -2.41. The molecule has 0 radical (unpaired) electrons. The second-order valence-corrected chi connectivity index (χ2v) is 6.41. The van der Waals surface area contributed by atoms with Crippen LogP contribution in [0, 0.1) is 5.92 Å². The lowest BCUT2D eigenvalue weighted by atomic mass is 9.99. The molecule has 1 aliphatic heterocycles. The van der Waals surface area contributed by atoms with Crippen molar-refractivity contribution in [2.75, 3.05) is 43.5 Å². The first-order valence-electron chi connectivity index (χ1n) is 8.76. The van der Waals surface area contributed by atoms with E-state index < -0.39 is 6.04 Å². The van der Waals surface area contributed by atoms with E-state index >= 15 is 0 Å². The van der Waals surface area contributed by atoms with Gasteiger partial charge in [0.25, 0.3) is 0 Å². The Morgan fingerprint density at radius 2 is 1.69 bits per heavy atom. The topological polar surface area (TPSA) is 96.7 Å². The zero-order valence-electron chi connectivity index (χ0n) is 15.4. The SMILES string of the molecule is CCC(C)C(N)C(=O)Nc1ccc(NC(=O)CN2CCOCC2)cc1.Cl.